The van der Waals surface area contributed by atoms with Crippen LogP contribution in [-0.2, 0) is 6.18 Å². The van der Waals surface area contributed by atoms with Gasteiger partial charge in [0.1, 0.15) is 6.61 Å². The fourth-order valence-corrected chi connectivity index (χ4v) is 1.76. The van der Waals surface area contributed by atoms with Crippen LogP contribution in [-0.4, -0.2) is 37.7 Å². The molecule has 0 saturated carbocycles. The SMILES string of the molecule is CCCCCNC(=NC)NCCOc1ccc(C(F)(F)F)cn1.I. The van der Waals surface area contributed by atoms with Crippen molar-refractivity contribution in [2.45, 2.75) is 32.4 Å². The molecule has 5 nitrogen and oxygen atoms in total. The van der Waals surface area contributed by atoms with Crippen molar-refractivity contribution < 1.29 is 17.9 Å². The van der Waals surface area contributed by atoms with Gasteiger partial charge in [-0.15, -0.1) is 24.0 Å². The lowest BCUT2D eigenvalue weighted by Gasteiger charge is -2.12. The van der Waals surface area contributed by atoms with Crippen LogP contribution in [0.25, 0.3) is 0 Å². The van der Waals surface area contributed by atoms with Gasteiger partial charge in [-0.3, -0.25) is 4.99 Å². The maximum atomic E-state index is 12.4. The first-order chi connectivity index (χ1) is 11.0. The monoisotopic (exact) mass is 460 g/mol. The van der Waals surface area contributed by atoms with Gasteiger partial charge in [0.15, 0.2) is 5.96 Å². The van der Waals surface area contributed by atoms with Crippen molar-refractivity contribution in [1.82, 2.24) is 15.6 Å². The Bertz CT molecular complexity index is 481. The molecule has 0 fully saturated rings. The Kier molecular flexibility index (Phi) is 11.5. The highest BCUT2D eigenvalue weighted by atomic mass is 127. The van der Waals surface area contributed by atoms with Crippen LogP contribution >= 0.6 is 24.0 Å². The summed E-state index contributed by atoms with van der Waals surface area (Å²) in [6.45, 7) is 3.72. The number of alkyl halides is 3. The molecular weight excluding hydrogens is 436 g/mol. The van der Waals surface area contributed by atoms with E-state index in [-0.39, 0.29) is 36.5 Å². The summed E-state index contributed by atoms with van der Waals surface area (Å²) >= 11 is 0. The number of nitrogens with one attached hydrogen (secondary N) is 2. The van der Waals surface area contributed by atoms with Gasteiger partial charge in [-0.05, 0) is 12.5 Å². The molecule has 0 aromatic carbocycles. The number of aliphatic imine (C=N–C) groups is 1. The second kappa shape index (κ2) is 12.2. The zero-order valence-corrected chi connectivity index (χ0v) is 16.1. The lowest BCUT2D eigenvalue weighted by atomic mass is 10.2. The number of aromatic nitrogens is 1. The molecule has 138 valence electrons. The van der Waals surface area contributed by atoms with E-state index < -0.39 is 11.7 Å². The first-order valence-electron chi connectivity index (χ1n) is 7.58. The van der Waals surface area contributed by atoms with Crippen LogP contribution in [0.4, 0.5) is 13.2 Å². The predicted molar refractivity (Wildman–Crippen MR) is 99.0 cm³/mol. The van der Waals surface area contributed by atoms with Crippen molar-refractivity contribution in [2.75, 3.05) is 26.7 Å². The Balaban J connectivity index is 0.00000529. The first kappa shape index (κ1) is 22.7. The van der Waals surface area contributed by atoms with Crippen molar-refractivity contribution in [1.29, 1.82) is 0 Å². The molecule has 0 spiro atoms. The Hall–Kier alpha value is -1.26. The highest BCUT2D eigenvalue weighted by Crippen LogP contribution is 2.29. The highest BCUT2D eigenvalue weighted by molar-refractivity contribution is 14.0. The maximum Gasteiger partial charge on any atom is 0.417 e. The molecule has 0 radical (unpaired) electrons. The molecule has 0 aliphatic heterocycles. The molecule has 1 aromatic rings. The lowest BCUT2D eigenvalue weighted by Crippen LogP contribution is -2.39. The molecule has 0 bridgehead atoms. The van der Waals surface area contributed by atoms with E-state index in [0.717, 1.165) is 38.1 Å². The van der Waals surface area contributed by atoms with Crippen LogP contribution in [0, 0.1) is 0 Å². The standard InChI is InChI=1S/C15H23F3N4O.HI/c1-3-4-5-8-20-14(19-2)21-9-10-23-13-7-6-12(11-22-13)15(16,17)18;/h6-7,11H,3-5,8-10H2,1-2H3,(H2,19,20,21);1H. The summed E-state index contributed by atoms with van der Waals surface area (Å²) in [5, 5.41) is 6.23. The Labute approximate surface area is 157 Å². The van der Waals surface area contributed by atoms with Crippen molar-refractivity contribution in [2.24, 2.45) is 4.99 Å². The number of unbranched alkanes of at least 4 members (excludes halogenated alkanes) is 2. The van der Waals surface area contributed by atoms with Crippen molar-refractivity contribution in [3.63, 3.8) is 0 Å². The van der Waals surface area contributed by atoms with Crippen LogP contribution in [0.3, 0.4) is 0 Å². The van der Waals surface area contributed by atoms with Crippen molar-refractivity contribution >= 4 is 29.9 Å². The van der Waals surface area contributed by atoms with Gasteiger partial charge in [0.2, 0.25) is 5.88 Å². The summed E-state index contributed by atoms with van der Waals surface area (Å²) in [6.07, 6.45) is -0.239. The summed E-state index contributed by atoms with van der Waals surface area (Å²) in [5.74, 6) is 0.829. The summed E-state index contributed by atoms with van der Waals surface area (Å²) in [7, 11) is 1.67. The Morgan fingerprint density at radius 2 is 1.92 bits per heavy atom. The largest absolute Gasteiger partial charge is 0.476 e. The summed E-state index contributed by atoms with van der Waals surface area (Å²) in [6, 6.07) is 2.16. The van der Waals surface area contributed by atoms with Gasteiger partial charge in [-0.1, -0.05) is 19.8 Å². The van der Waals surface area contributed by atoms with Crippen LogP contribution in [0.2, 0.25) is 0 Å². The molecule has 24 heavy (non-hydrogen) atoms. The lowest BCUT2D eigenvalue weighted by molar-refractivity contribution is -0.137. The molecule has 0 amide bonds. The van der Waals surface area contributed by atoms with Gasteiger partial charge >= 0.3 is 6.18 Å². The third-order valence-corrected chi connectivity index (χ3v) is 3.00. The average molecular weight is 460 g/mol. The van der Waals surface area contributed by atoms with Gasteiger partial charge in [0.05, 0.1) is 12.1 Å². The second-order valence-electron chi connectivity index (χ2n) is 4.86. The molecule has 9 heteroatoms. The minimum absolute atomic E-state index is 0. The van der Waals surface area contributed by atoms with E-state index in [1.54, 1.807) is 7.05 Å². The number of hydrogen-bond acceptors (Lipinski definition) is 3. The minimum Gasteiger partial charge on any atom is -0.476 e. The minimum atomic E-state index is -4.39. The molecule has 0 aliphatic rings. The zero-order valence-electron chi connectivity index (χ0n) is 13.8. The van der Waals surface area contributed by atoms with Gasteiger partial charge in [0, 0.05) is 25.9 Å². The Morgan fingerprint density at radius 1 is 1.21 bits per heavy atom. The number of hydrogen-bond donors (Lipinski definition) is 2. The summed E-state index contributed by atoms with van der Waals surface area (Å²) < 4.78 is 42.5. The van der Waals surface area contributed by atoms with E-state index >= 15 is 0 Å². The Morgan fingerprint density at radius 3 is 2.46 bits per heavy atom. The topological polar surface area (TPSA) is 58.5 Å². The van der Waals surface area contributed by atoms with Crippen LogP contribution in [0.15, 0.2) is 23.3 Å². The molecule has 0 aliphatic carbocycles. The van der Waals surface area contributed by atoms with E-state index in [2.05, 4.69) is 27.5 Å². The molecule has 1 heterocycles. The fourth-order valence-electron chi connectivity index (χ4n) is 1.76. The number of ether oxygens (including phenoxy) is 1. The third kappa shape index (κ3) is 9.14. The third-order valence-electron chi connectivity index (χ3n) is 3.00. The molecule has 1 rings (SSSR count). The maximum absolute atomic E-state index is 12.4. The van der Waals surface area contributed by atoms with Crippen LogP contribution in [0.1, 0.15) is 31.7 Å². The molecular formula is C15H24F3IN4O. The van der Waals surface area contributed by atoms with Gasteiger partial charge in [-0.2, -0.15) is 13.2 Å². The smallest absolute Gasteiger partial charge is 0.417 e. The van der Waals surface area contributed by atoms with Crippen molar-refractivity contribution in [3.05, 3.63) is 23.9 Å². The predicted octanol–water partition coefficient (Wildman–Crippen LogP) is 3.45. The molecule has 0 unspecified atom stereocenters. The zero-order chi connectivity index (χ0) is 17.1. The number of nitrogens with zero attached hydrogens (tertiary/aromatic N) is 2. The summed E-state index contributed by atoms with van der Waals surface area (Å²) in [5.41, 5.74) is -0.792. The van der Waals surface area contributed by atoms with E-state index in [1.165, 1.54) is 6.07 Å². The normalized spacial score (nSPS) is 11.6. The average Bonchev–Trinajstić information content (AvgIpc) is 2.53. The van der Waals surface area contributed by atoms with Gasteiger partial charge in [-0.25, -0.2) is 4.98 Å². The number of rotatable bonds is 8. The van der Waals surface area contributed by atoms with Crippen LogP contribution < -0.4 is 15.4 Å². The quantitative estimate of drug-likeness (QED) is 0.270. The highest BCUT2D eigenvalue weighted by Gasteiger charge is 2.30. The van der Waals surface area contributed by atoms with E-state index in [0.29, 0.717) is 12.5 Å². The van der Waals surface area contributed by atoms with E-state index in [4.69, 9.17) is 4.74 Å². The van der Waals surface area contributed by atoms with Crippen molar-refractivity contribution in [3.8, 4) is 5.88 Å². The molecule has 2 N–H and O–H groups in total. The summed E-state index contributed by atoms with van der Waals surface area (Å²) in [4.78, 5) is 7.70. The second-order valence-corrected chi connectivity index (χ2v) is 4.86. The number of pyridine rings is 1. The number of guanidine groups is 1. The van der Waals surface area contributed by atoms with Gasteiger partial charge in [0.25, 0.3) is 0 Å². The molecule has 1 aromatic heterocycles. The van der Waals surface area contributed by atoms with Crippen LogP contribution in [0.5, 0.6) is 5.88 Å². The van der Waals surface area contributed by atoms with Gasteiger partial charge < -0.3 is 15.4 Å². The van der Waals surface area contributed by atoms with E-state index in [9.17, 15) is 13.2 Å². The fraction of sp³-hybridized carbons (Fsp3) is 0.600. The molecule has 0 atom stereocenters. The molecule has 0 saturated heterocycles. The van der Waals surface area contributed by atoms with E-state index in [1.807, 2.05) is 0 Å². The number of halogens is 4. The first-order valence-corrected chi connectivity index (χ1v) is 7.58.